The van der Waals surface area contributed by atoms with Crippen LogP contribution in [0.25, 0.3) is 0 Å². The maximum Gasteiger partial charge on any atom is 0.164 e. The molecule has 0 aliphatic heterocycles. The smallest absolute Gasteiger partial charge is 0.164 e. The number of nitrogens with zero attached hydrogens (tertiary/aromatic N) is 3. The van der Waals surface area contributed by atoms with Crippen molar-refractivity contribution in [3.8, 4) is 5.75 Å². The van der Waals surface area contributed by atoms with Crippen LogP contribution >= 0.6 is 15.9 Å². The molecule has 4 nitrogen and oxygen atoms in total. The lowest BCUT2D eigenvalue weighted by Gasteiger charge is -2.08. The van der Waals surface area contributed by atoms with Crippen molar-refractivity contribution in [1.29, 1.82) is 0 Å². The van der Waals surface area contributed by atoms with Gasteiger partial charge in [0.25, 0.3) is 0 Å². The highest BCUT2D eigenvalue weighted by molar-refractivity contribution is 9.10. The van der Waals surface area contributed by atoms with Gasteiger partial charge in [-0.3, -0.25) is 0 Å². The number of halogens is 2. The van der Waals surface area contributed by atoms with Gasteiger partial charge in [-0.15, -0.1) is 0 Å². The van der Waals surface area contributed by atoms with Gasteiger partial charge in [-0.05, 0) is 35.0 Å². The minimum Gasteiger partial charge on any atom is -0.484 e. The number of benzene rings is 1. The second-order valence-corrected chi connectivity index (χ2v) is 4.21. The number of rotatable bonds is 4. The molecule has 0 atom stereocenters. The van der Waals surface area contributed by atoms with E-state index in [-0.39, 0.29) is 12.4 Å². The van der Waals surface area contributed by atoms with E-state index in [1.165, 1.54) is 18.5 Å². The van der Waals surface area contributed by atoms with Crippen LogP contribution in [0.5, 0.6) is 5.75 Å². The zero-order valence-electron chi connectivity index (χ0n) is 9.23. The fraction of sp³-hybridized carbons (Fsp3) is 0.273. The molecule has 2 rings (SSSR count). The van der Waals surface area contributed by atoms with Gasteiger partial charge in [-0.2, -0.15) is 5.10 Å². The van der Waals surface area contributed by atoms with Crippen molar-refractivity contribution in [3.63, 3.8) is 0 Å². The van der Waals surface area contributed by atoms with Crippen molar-refractivity contribution in [3.05, 3.63) is 40.6 Å². The van der Waals surface area contributed by atoms with Crippen LogP contribution in [-0.4, -0.2) is 14.8 Å². The molecule has 0 aliphatic rings. The van der Waals surface area contributed by atoms with E-state index in [1.807, 2.05) is 6.92 Å². The number of ether oxygens (including phenoxy) is 1. The highest BCUT2D eigenvalue weighted by Gasteiger charge is 2.06. The second kappa shape index (κ2) is 5.27. The first kappa shape index (κ1) is 12.0. The van der Waals surface area contributed by atoms with E-state index < -0.39 is 0 Å². The summed E-state index contributed by atoms with van der Waals surface area (Å²) in [5, 5.41) is 4.03. The molecule has 0 saturated heterocycles. The van der Waals surface area contributed by atoms with Crippen molar-refractivity contribution in [2.45, 2.75) is 20.1 Å². The van der Waals surface area contributed by atoms with Crippen LogP contribution in [0.1, 0.15) is 12.7 Å². The molecule has 1 heterocycles. The molecule has 1 aromatic carbocycles. The Morgan fingerprint density at radius 2 is 2.29 bits per heavy atom. The second-order valence-electron chi connectivity index (χ2n) is 3.36. The van der Waals surface area contributed by atoms with Crippen molar-refractivity contribution in [2.24, 2.45) is 0 Å². The third kappa shape index (κ3) is 2.82. The van der Waals surface area contributed by atoms with Crippen LogP contribution in [0, 0.1) is 5.82 Å². The van der Waals surface area contributed by atoms with Crippen LogP contribution in [-0.2, 0) is 13.2 Å². The van der Waals surface area contributed by atoms with Crippen molar-refractivity contribution < 1.29 is 9.13 Å². The molecule has 90 valence electrons. The Morgan fingerprint density at radius 3 is 3.06 bits per heavy atom. The van der Waals surface area contributed by atoms with E-state index >= 15 is 0 Å². The maximum atomic E-state index is 13.0. The highest BCUT2D eigenvalue weighted by atomic mass is 79.9. The third-order valence-electron chi connectivity index (χ3n) is 2.25. The molecule has 0 spiro atoms. The highest BCUT2D eigenvalue weighted by Crippen LogP contribution is 2.26. The quantitative estimate of drug-likeness (QED) is 0.871. The zero-order chi connectivity index (χ0) is 12.3. The largest absolute Gasteiger partial charge is 0.484 e. The van der Waals surface area contributed by atoms with Crippen LogP contribution in [0.3, 0.4) is 0 Å². The molecule has 17 heavy (non-hydrogen) atoms. The molecule has 0 radical (unpaired) electrons. The van der Waals surface area contributed by atoms with Gasteiger partial charge in [0, 0.05) is 12.6 Å². The number of hydrogen-bond acceptors (Lipinski definition) is 3. The third-order valence-corrected chi connectivity index (χ3v) is 2.90. The van der Waals surface area contributed by atoms with E-state index in [0.29, 0.717) is 16.0 Å². The van der Waals surface area contributed by atoms with E-state index in [0.717, 1.165) is 6.54 Å². The topological polar surface area (TPSA) is 39.9 Å². The first-order chi connectivity index (χ1) is 8.20. The van der Waals surface area contributed by atoms with Crippen LogP contribution < -0.4 is 4.74 Å². The number of hydrogen-bond donors (Lipinski definition) is 0. The molecular weight excluding hydrogens is 289 g/mol. The Kier molecular flexibility index (Phi) is 3.73. The minimum absolute atomic E-state index is 0.260. The summed E-state index contributed by atoms with van der Waals surface area (Å²) >= 11 is 3.30. The van der Waals surface area contributed by atoms with Gasteiger partial charge in [0.15, 0.2) is 5.82 Å². The molecule has 0 amide bonds. The molecule has 2 aromatic rings. The summed E-state index contributed by atoms with van der Waals surface area (Å²) in [5.74, 6) is 0.833. The first-order valence-electron chi connectivity index (χ1n) is 5.15. The first-order valence-corrected chi connectivity index (χ1v) is 5.94. The van der Waals surface area contributed by atoms with E-state index in [9.17, 15) is 4.39 Å². The monoisotopic (exact) mass is 299 g/mol. The zero-order valence-corrected chi connectivity index (χ0v) is 10.8. The molecule has 1 aromatic heterocycles. The van der Waals surface area contributed by atoms with Crippen LogP contribution in [0.2, 0.25) is 0 Å². The summed E-state index contributed by atoms with van der Waals surface area (Å²) in [6.45, 7) is 2.95. The predicted octanol–water partition coefficient (Wildman–Crippen LogP) is 2.78. The fourth-order valence-corrected chi connectivity index (χ4v) is 1.76. The SMILES string of the molecule is CCn1ncnc1COc1cc(F)ccc1Br. The van der Waals surface area contributed by atoms with Gasteiger partial charge in [-0.1, -0.05) is 0 Å². The lowest BCUT2D eigenvalue weighted by molar-refractivity contribution is 0.284. The molecule has 0 unspecified atom stereocenters. The van der Waals surface area contributed by atoms with Gasteiger partial charge >= 0.3 is 0 Å². The van der Waals surface area contributed by atoms with Crippen molar-refractivity contribution >= 4 is 15.9 Å². The van der Waals surface area contributed by atoms with E-state index in [4.69, 9.17) is 4.74 Å². The Hall–Kier alpha value is -1.43. The number of aryl methyl sites for hydroxylation is 1. The van der Waals surface area contributed by atoms with E-state index in [2.05, 4.69) is 26.0 Å². The van der Waals surface area contributed by atoms with E-state index in [1.54, 1.807) is 10.7 Å². The average molecular weight is 300 g/mol. The van der Waals surface area contributed by atoms with Gasteiger partial charge in [0.05, 0.1) is 4.47 Å². The van der Waals surface area contributed by atoms with Gasteiger partial charge in [0.1, 0.15) is 24.5 Å². The maximum absolute atomic E-state index is 13.0. The average Bonchev–Trinajstić information content (AvgIpc) is 2.77. The van der Waals surface area contributed by atoms with Crippen molar-refractivity contribution in [1.82, 2.24) is 14.8 Å². The van der Waals surface area contributed by atoms with Crippen LogP contribution in [0.4, 0.5) is 4.39 Å². The van der Waals surface area contributed by atoms with Gasteiger partial charge in [-0.25, -0.2) is 14.1 Å². The Bertz CT molecular complexity index is 515. The molecule has 0 bridgehead atoms. The summed E-state index contributed by atoms with van der Waals surface area (Å²) in [6, 6.07) is 4.30. The van der Waals surface area contributed by atoms with Gasteiger partial charge < -0.3 is 4.74 Å². The molecule has 0 N–H and O–H groups in total. The normalized spacial score (nSPS) is 10.5. The Labute approximate surface area is 107 Å². The summed E-state index contributed by atoms with van der Waals surface area (Å²) < 4.78 is 21.0. The van der Waals surface area contributed by atoms with Crippen molar-refractivity contribution in [2.75, 3.05) is 0 Å². The lowest BCUT2D eigenvalue weighted by Crippen LogP contribution is -2.07. The minimum atomic E-state index is -0.333. The Balaban J connectivity index is 2.09. The number of aromatic nitrogens is 3. The summed E-state index contributed by atoms with van der Waals surface area (Å²) in [7, 11) is 0. The standard InChI is InChI=1S/C11H11BrFN3O/c1-2-16-11(14-7-15-16)6-17-10-5-8(13)3-4-9(10)12/h3-5,7H,2,6H2,1H3. The summed E-state index contributed by atoms with van der Waals surface area (Å²) in [4.78, 5) is 4.07. The van der Waals surface area contributed by atoms with Gasteiger partial charge in [0.2, 0.25) is 0 Å². The molecule has 6 heteroatoms. The molecular formula is C11H11BrFN3O. The molecule has 0 aliphatic carbocycles. The summed E-state index contributed by atoms with van der Waals surface area (Å²) in [5.41, 5.74) is 0. The summed E-state index contributed by atoms with van der Waals surface area (Å²) in [6.07, 6.45) is 1.48. The lowest BCUT2D eigenvalue weighted by atomic mass is 10.3. The van der Waals surface area contributed by atoms with Crippen LogP contribution in [0.15, 0.2) is 29.0 Å². The fourth-order valence-electron chi connectivity index (χ4n) is 1.39. The predicted molar refractivity (Wildman–Crippen MR) is 64.1 cm³/mol. The Morgan fingerprint density at radius 1 is 1.47 bits per heavy atom. The molecule has 0 saturated carbocycles. The molecule has 0 fully saturated rings.